The second-order valence-electron chi connectivity index (χ2n) is 2.33. The monoisotopic (exact) mass is 296 g/mol. The van der Waals surface area contributed by atoms with Gasteiger partial charge in [-0.25, -0.2) is 0 Å². The molecule has 0 radical (unpaired) electrons. The van der Waals surface area contributed by atoms with Crippen molar-refractivity contribution in [2.45, 2.75) is 12.3 Å². The second-order valence-corrected chi connectivity index (χ2v) is 4.15. The minimum Gasteiger partial charge on any atom is -0.0876 e. The van der Waals surface area contributed by atoms with Crippen molar-refractivity contribution in [2.24, 2.45) is 0 Å². The highest BCUT2D eigenvalue weighted by atomic mass is 79.9. The molecule has 0 unspecified atom stereocenters. The van der Waals surface area contributed by atoms with Crippen molar-refractivity contribution in [3.05, 3.63) is 32.8 Å². The molecule has 11 heavy (non-hydrogen) atoms. The molecule has 0 saturated heterocycles. The topological polar surface area (TPSA) is 0 Å². The van der Waals surface area contributed by atoms with Gasteiger partial charge in [0.1, 0.15) is 0 Å². The third-order valence-corrected chi connectivity index (χ3v) is 3.32. The van der Waals surface area contributed by atoms with Gasteiger partial charge in [0, 0.05) is 9.80 Å². The first-order chi connectivity index (χ1) is 5.15. The Bertz CT molecular complexity index is 271. The molecule has 0 heterocycles. The first kappa shape index (κ1) is 9.56. The maximum absolute atomic E-state index is 5.90. The number of alkyl halides is 1. The molecule has 0 bridgehead atoms. The van der Waals surface area contributed by atoms with Gasteiger partial charge in [-0.15, -0.1) is 0 Å². The fourth-order valence-electron chi connectivity index (χ4n) is 0.831. The van der Waals surface area contributed by atoms with E-state index in [0.717, 1.165) is 14.8 Å². The van der Waals surface area contributed by atoms with E-state index in [1.54, 1.807) is 0 Å². The minimum absolute atomic E-state index is 0.769. The zero-order valence-electron chi connectivity index (χ0n) is 6.00. The van der Waals surface area contributed by atoms with Crippen LogP contribution in [0, 0.1) is 6.92 Å². The van der Waals surface area contributed by atoms with Crippen LogP contribution in [0.4, 0.5) is 0 Å². The van der Waals surface area contributed by atoms with Gasteiger partial charge >= 0.3 is 0 Å². The van der Waals surface area contributed by atoms with E-state index in [9.17, 15) is 0 Å². The molecule has 0 aliphatic rings. The van der Waals surface area contributed by atoms with Crippen LogP contribution in [0.1, 0.15) is 11.1 Å². The molecule has 60 valence electrons. The lowest BCUT2D eigenvalue weighted by Gasteiger charge is -2.03. The highest BCUT2D eigenvalue weighted by molar-refractivity contribution is 9.10. The normalized spacial score (nSPS) is 10.2. The van der Waals surface area contributed by atoms with Crippen molar-refractivity contribution in [3.8, 4) is 0 Å². The summed E-state index contributed by atoms with van der Waals surface area (Å²) in [6.45, 7) is 2.07. The van der Waals surface area contributed by atoms with Gasteiger partial charge < -0.3 is 0 Å². The predicted molar refractivity (Wildman–Crippen MR) is 56.5 cm³/mol. The second kappa shape index (κ2) is 3.92. The molecule has 0 aliphatic heterocycles. The van der Waals surface area contributed by atoms with E-state index in [-0.39, 0.29) is 0 Å². The lowest BCUT2D eigenvalue weighted by atomic mass is 10.1. The van der Waals surface area contributed by atoms with E-state index in [0.29, 0.717) is 0 Å². The van der Waals surface area contributed by atoms with Crippen LogP contribution in [0.15, 0.2) is 16.6 Å². The Kier molecular flexibility index (Phi) is 3.41. The molecule has 0 atom stereocenters. The molecule has 3 heteroatoms. The van der Waals surface area contributed by atoms with E-state index < -0.39 is 0 Å². The van der Waals surface area contributed by atoms with Gasteiger partial charge in [-0.05, 0) is 46.1 Å². The molecule has 1 aromatic carbocycles. The smallest absolute Gasteiger partial charge is 0.0551 e. The van der Waals surface area contributed by atoms with Crippen molar-refractivity contribution < 1.29 is 0 Å². The van der Waals surface area contributed by atoms with Gasteiger partial charge in [0.15, 0.2) is 0 Å². The Hall–Kier alpha value is 0.470. The Morgan fingerprint density at radius 1 is 1.45 bits per heavy atom. The summed E-state index contributed by atoms with van der Waals surface area (Å²) < 4.78 is 0.960. The SMILES string of the molecule is Cc1cc(Br)c(Cl)cc1CBr. The summed E-state index contributed by atoms with van der Waals surface area (Å²) in [5.74, 6) is 0. The molecular formula is C8H7Br2Cl. The van der Waals surface area contributed by atoms with Crippen LogP contribution in [-0.4, -0.2) is 0 Å². The Labute approximate surface area is 88.2 Å². The molecule has 0 fully saturated rings. The van der Waals surface area contributed by atoms with Gasteiger partial charge in [0.05, 0.1) is 5.02 Å². The van der Waals surface area contributed by atoms with Crippen molar-refractivity contribution in [2.75, 3.05) is 0 Å². The summed E-state index contributed by atoms with van der Waals surface area (Å²) in [7, 11) is 0. The fourth-order valence-corrected chi connectivity index (χ4v) is 2.08. The maximum atomic E-state index is 5.90. The van der Waals surface area contributed by atoms with Crippen molar-refractivity contribution in [1.29, 1.82) is 0 Å². The highest BCUT2D eigenvalue weighted by Crippen LogP contribution is 2.26. The average Bonchev–Trinajstić information content (AvgIpc) is 1.97. The number of rotatable bonds is 1. The summed E-state index contributed by atoms with van der Waals surface area (Å²) in [6.07, 6.45) is 0. The fraction of sp³-hybridized carbons (Fsp3) is 0.250. The molecule has 0 aromatic heterocycles. The van der Waals surface area contributed by atoms with Crippen LogP contribution in [-0.2, 0) is 5.33 Å². The van der Waals surface area contributed by atoms with Crippen molar-refractivity contribution in [3.63, 3.8) is 0 Å². The van der Waals surface area contributed by atoms with Crippen LogP contribution in [0.5, 0.6) is 0 Å². The number of benzene rings is 1. The quantitative estimate of drug-likeness (QED) is 0.678. The summed E-state index contributed by atoms with van der Waals surface area (Å²) in [4.78, 5) is 0. The number of hydrogen-bond acceptors (Lipinski definition) is 0. The van der Waals surface area contributed by atoms with Gasteiger partial charge in [0.2, 0.25) is 0 Å². The first-order valence-corrected chi connectivity index (χ1v) is 5.45. The number of halogens is 3. The molecule has 1 rings (SSSR count). The third kappa shape index (κ3) is 2.20. The molecule has 0 aliphatic carbocycles. The Morgan fingerprint density at radius 2 is 2.09 bits per heavy atom. The molecule has 0 nitrogen and oxygen atoms in total. The molecule has 0 saturated carbocycles. The number of hydrogen-bond donors (Lipinski definition) is 0. The standard InChI is InChI=1S/C8H7Br2Cl/c1-5-2-7(10)8(11)3-6(5)4-9/h2-3H,4H2,1H3. The first-order valence-electron chi connectivity index (χ1n) is 3.15. The largest absolute Gasteiger partial charge is 0.0876 e. The van der Waals surface area contributed by atoms with Crippen LogP contribution in [0.25, 0.3) is 0 Å². The Morgan fingerprint density at radius 3 is 2.64 bits per heavy atom. The van der Waals surface area contributed by atoms with Crippen molar-refractivity contribution >= 4 is 43.5 Å². The van der Waals surface area contributed by atoms with Crippen LogP contribution < -0.4 is 0 Å². The van der Waals surface area contributed by atoms with E-state index in [1.807, 2.05) is 12.1 Å². The molecular weight excluding hydrogens is 291 g/mol. The maximum Gasteiger partial charge on any atom is 0.0551 e. The van der Waals surface area contributed by atoms with Gasteiger partial charge in [0.25, 0.3) is 0 Å². The summed E-state index contributed by atoms with van der Waals surface area (Å²) in [6, 6.07) is 3.99. The minimum atomic E-state index is 0.769. The molecule has 0 amide bonds. The van der Waals surface area contributed by atoms with E-state index in [1.165, 1.54) is 11.1 Å². The van der Waals surface area contributed by atoms with Gasteiger partial charge in [-0.3, -0.25) is 0 Å². The van der Waals surface area contributed by atoms with Crippen LogP contribution >= 0.6 is 43.5 Å². The van der Waals surface area contributed by atoms with Crippen LogP contribution in [0.2, 0.25) is 5.02 Å². The van der Waals surface area contributed by atoms with Gasteiger partial charge in [-0.2, -0.15) is 0 Å². The highest BCUT2D eigenvalue weighted by Gasteiger charge is 2.01. The third-order valence-electron chi connectivity index (χ3n) is 1.52. The van der Waals surface area contributed by atoms with Crippen molar-refractivity contribution in [1.82, 2.24) is 0 Å². The van der Waals surface area contributed by atoms with Gasteiger partial charge in [-0.1, -0.05) is 27.5 Å². The molecule has 0 N–H and O–H groups in total. The van der Waals surface area contributed by atoms with E-state index in [2.05, 4.69) is 38.8 Å². The number of aryl methyl sites for hydroxylation is 1. The summed E-state index contributed by atoms with van der Waals surface area (Å²) >= 11 is 12.7. The molecule has 0 spiro atoms. The average molecular weight is 298 g/mol. The lowest BCUT2D eigenvalue weighted by molar-refractivity contribution is 1.31. The summed E-state index contributed by atoms with van der Waals surface area (Å²) in [5, 5.41) is 1.62. The van der Waals surface area contributed by atoms with E-state index >= 15 is 0 Å². The molecule has 1 aromatic rings. The lowest BCUT2D eigenvalue weighted by Crippen LogP contribution is -1.84. The van der Waals surface area contributed by atoms with Crippen LogP contribution in [0.3, 0.4) is 0 Å². The summed E-state index contributed by atoms with van der Waals surface area (Å²) in [5.41, 5.74) is 2.48. The predicted octanol–water partition coefficient (Wildman–Crippen LogP) is 4.31. The van der Waals surface area contributed by atoms with E-state index in [4.69, 9.17) is 11.6 Å². The Balaban J connectivity index is 3.21. The zero-order chi connectivity index (χ0) is 8.43. The zero-order valence-corrected chi connectivity index (χ0v) is 9.92.